The SMILES string of the molecule is Clc1ccccc1OCCCNc1ccccn1. The Hall–Kier alpha value is -1.74. The first kappa shape index (κ1) is 12.7. The number of nitrogens with zero attached hydrogens (tertiary/aromatic N) is 1. The van der Waals surface area contributed by atoms with Crippen molar-refractivity contribution in [2.45, 2.75) is 6.42 Å². The fourth-order valence-corrected chi connectivity index (χ4v) is 1.69. The summed E-state index contributed by atoms with van der Waals surface area (Å²) in [6, 6.07) is 13.3. The summed E-state index contributed by atoms with van der Waals surface area (Å²) in [5.41, 5.74) is 0. The molecule has 0 saturated carbocycles. The number of benzene rings is 1. The Labute approximate surface area is 112 Å². The molecule has 2 rings (SSSR count). The van der Waals surface area contributed by atoms with E-state index in [9.17, 15) is 0 Å². The minimum Gasteiger partial charge on any atom is -0.492 e. The highest BCUT2D eigenvalue weighted by Crippen LogP contribution is 2.22. The molecule has 0 aliphatic rings. The number of hydrogen-bond donors (Lipinski definition) is 1. The van der Waals surface area contributed by atoms with E-state index in [2.05, 4.69) is 10.3 Å². The van der Waals surface area contributed by atoms with Crippen molar-refractivity contribution in [1.29, 1.82) is 0 Å². The van der Waals surface area contributed by atoms with E-state index >= 15 is 0 Å². The molecule has 18 heavy (non-hydrogen) atoms. The second-order valence-electron chi connectivity index (χ2n) is 3.77. The number of halogens is 1. The second kappa shape index (κ2) is 6.87. The van der Waals surface area contributed by atoms with Crippen LogP contribution in [0.2, 0.25) is 5.02 Å². The normalized spacial score (nSPS) is 10.1. The van der Waals surface area contributed by atoms with E-state index in [1.165, 1.54) is 0 Å². The van der Waals surface area contributed by atoms with Gasteiger partial charge >= 0.3 is 0 Å². The predicted octanol–water partition coefficient (Wildman–Crippen LogP) is 3.62. The van der Waals surface area contributed by atoms with E-state index in [4.69, 9.17) is 16.3 Å². The fourth-order valence-electron chi connectivity index (χ4n) is 1.50. The molecule has 0 aliphatic heterocycles. The summed E-state index contributed by atoms with van der Waals surface area (Å²) in [6.45, 7) is 1.45. The number of nitrogens with one attached hydrogen (secondary N) is 1. The van der Waals surface area contributed by atoms with Crippen molar-refractivity contribution in [1.82, 2.24) is 4.98 Å². The standard InChI is InChI=1S/C14H15ClN2O/c15-12-6-1-2-7-13(12)18-11-5-10-17-14-8-3-4-9-16-14/h1-4,6-9H,5,10-11H2,(H,16,17). The molecule has 1 aromatic carbocycles. The molecular weight excluding hydrogens is 248 g/mol. The molecule has 0 unspecified atom stereocenters. The number of hydrogen-bond acceptors (Lipinski definition) is 3. The van der Waals surface area contributed by atoms with Crippen LogP contribution in [0.15, 0.2) is 48.7 Å². The molecule has 2 aromatic rings. The summed E-state index contributed by atoms with van der Waals surface area (Å²) in [7, 11) is 0. The third-order valence-corrected chi connectivity index (χ3v) is 2.70. The third kappa shape index (κ3) is 3.93. The third-order valence-electron chi connectivity index (χ3n) is 2.39. The van der Waals surface area contributed by atoms with Gasteiger partial charge in [-0.3, -0.25) is 0 Å². The van der Waals surface area contributed by atoms with E-state index in [1.54, 1.807) is 6.20 Å². The number of anilines is 1. The number of para-hydroxylation sites is 1. The van der Waals surface area contributed by atoms with Crippen molar-refractivity contribution in [2.24, 2.45) is 0 Å². The average Bonchev–Trinajstić information content (AvgIpc) is 2.42. The van der Waals surface area contributed by atoms with Crippen molar-refractivity contribution < 1.29 is 4.74 Å². The van der Waals surface area contributed by atoms with Crippen molar-refractivity contribution in [2.75, 3.05) is 18.5 Å². The molecule has 0 atom stereocenters. The lowest BCUT2D eigenvalue weighted by atomic mass is 10.3. The quantitative estimate of drug-likeness (QED) is 0.808. The molecule has 1 N–H and O–H groups in total. The van der Waals surface area contributed by atoms with Crippen molar-refractivity contribution in [3.05, 3.63) is 53.7 Å². The molecule has 94 valence electrons. The first-order valence-electron chi connectivity index (χ1n) is 5.88. The van der Waals surface area contributed by atoms with Crippen LogP contribution in [0.25, 0.3) is 0 Å². The molecule has 1 aromatic heterocycles. The lowest BCUT2D eigenvalue weighted by molar-refractivity contribution is 0.315. The Balaban J connectivity index is 1.66. The molecule has 3 nitrogen and oxygen atoms in total. The molecule has 1 heterocycles. The van der Waals surface area contributed by atoms with Crippen LogP contribution >= 0.6 is 11.6 Å². The van der Waals surface area contributed by atoms with Crippen LogP contribution in [0.1, 0.15) is 6.42 Å². The largest absolute Gasteiger partial charge is 0.492 e. The summed E-state index contributed by atoms with van der Waals surface area (Å²) in [5, 5.41) is 3.87. The van der Waals surface area contributed by atoms with Gasteiger partial charge in [-0.25, -0.2) is 4.98 Å². The highest BCUT2D eigenvalue weighted by Gasteiger charge is 1.98. The van der Waals surface area contributed by atoms with Gasteiger partial charge in [0.05, 0.1) is 11.6 Å². The summed E-state index contributed by atoms with van der Waals surface area (Å²) >= 11 is 5.98. The van der Waals surface area contributed by atoms with E-state index in [1.807, 2.05) is 42.5 Å². The van der Waals surface area contributed by atoms with Crippen LogP contribution in [0.3, 0.4) is 0 Å². The highest BCUT2D eigenvalue weighted by molar-refractivity contribution is 6.32. The van der Waals surface area contributed by atoms with Gasteiger partial charge < -0.3 is 10.1 Å². The molecule has 4 heteroatoms. The lowest BCUT2D eigenvalue weighted by Crippen LogP contribution is -2.08. The van der Waals surface area contributed by atoms with Crippen molar-refractivity contribution >= 4 is 17.4 Å². The number of rotatable bonds is 6. The van der Waals surface area contributed by atoms with E-state index < -0.39 is 0 Å². The van der Waals surface area contributed by atoms with Gasteiger partial charge in [0.2, 0.25) is 0 Å². The van der Waals surface area contributed by atoms with Gasteiger partial charge in [0.1, 0.15) is 11.6 Å². The van der Waals surface area contributed by atoms with Crippen molar-refractivity contribution in [3.8, 4) is 5.75 Å². The highest BCUT2D eigenvalue weighted by atomic mass is 35.5. The van der Waals surface area contributed by atoms with Gasteiger partial charge in [0.15, 0.2) is 0 Å². The van der Waals surface area contributed by atoms with Crippen LogP contribution < -0.4 is 10.1 Å². The monoisotopic (exact) mass is 262 g/mol. The van der Waals surface area contributed by atoms with E-state index in [0.717, 1.165) is 24.5 Å². The summed E-state index contributed by atoms with van der Waals surface area (Å²) in [6.07, 6.45) is 2.66. The van der Waals surface area contributed by atoms with Crippen molar-refractivity contribution in [3.63, 3.8) is 0 Å². The number of pyridine rings is 1. The Bertz CT molecular complexity index is 476. The second-order valence-corrected chi connectivity index (χ2v) is 4.18. The van der Waals surface area contributed by atoms with Crippen LogP contribution in [0.4, 0.5) is 5.82 Å². The van der Waals surface area contributed by atoms with E-state index in [-0.39, 0.29) is 0 Å². The van der Waals surface area contributed by atoms with Gasteiger partial charge in [-0.15, -0.1) is 0 Å². The Kier molecular flexibility index (Phi) is 4.85. The molecule has 0 amide bonds. The van der Waals surface area contributed by atoms with Crippen LogP contribution in [-0.2, 0) is 0 Å². The van der Waals surface area contributed by atoms with Gasteiger partial charge in [0, 0.05) is 12.7 Å². The Morgan fingerprint density at radius 1 is 1.11 bits per heavy atom. The zero-order valence-electron chi connectivity index (χ0n) is 9.97. The zero-order valence-corrected chi connectivity index (χ0v) is 10.7. The maximum Gasteiger partial charge on any atom is 0.137 e. The first-order valence-corrected chi connectivity index (χ1v) is 6.26. The lowest BCUT2D eigenvalue weighted by Gasteiger charge is -2.08. The summed E-state index contributed by atoms with van der Waals surface area (Å²) in [4.78, 5) is 4.18. The molecular formula is C14H15ClN2O. The minimum absolute atomic E-state index is 0.629. The fraction of sp³-hybridized carbons (Fsp3) is 0.214. The molecule has 0 saturated heterocycles. The smallest absolute Gasteiger partial charge is 0.137 e. The molecule has 0 bridgehead atoms. The zero-order chi connectivity index (χ0) is 12.6. The Morgan fingerprint density at radius 2 is 1.94 bits per heavy atom. The number of aromatic nitrogens is 1. The molecule has 0 radical (unpaired) electrons. The van der Waals surface area contributed by atoms with Gasteiger partial charge in [0.25, 0.3) is 0 Å². The summed E-state index contributed by atoms with van der Waals surface area (Å²) in [5.74, 6) is 1.62. The predicted molar refractivity (Wildman–Crippen MR) is 74.3 cm³/mol. The Morgan fingerprint density at radius 3 is 2.72 bits per heavy atom. The molecule has 0 spiro atoms. The molecule has 0 aliphatic carbocycles. The first-order chi connectivity index (χ1) is 8.86. The van der Waals surface area contributed by atoms with Gasteiger partial charge in [-0.2, -0.15) is 0 Å². The van der Waals surface area contributed by atoms with Gasteiger partial charge in [-0.1, -0.05) is 29.8 Å². The minimum atomic E-state index is 0.629. The average molecular weight is 263 g/mol. The summed E-state index contributed by atoms with van der Waals surface area (Å²) < 4.78 is 5.58. The van der Waals surface area contributed by atoms with Crippen LogP contribution in [0.5, 0.6) is 5.75 Å². The van der Waals surface area contributed by atoms with Gasteiger partial charge in [-0.05, 0) is 30.7 Å². The topological polar surface area (TPSA) is 34.1 Å². The van der Waals surface area contributed by atoms with E-state index in [0.29, 0.717) is 11.6 Å². The van der Waals surface area contributed by atoms with Crippen LogP contribution in [-0.4, -0.2) is 18.1 Å². The van der Waals surface area contributed by atoms with Crippen LogP contribution in [0, 0.1) is 0 Å². The number of ether oxygens (including phenoxy) is 1. The molecule has 0 fully saturated rings. The maximum atomic E-state index is 5.98. The maximum absolute atomic E-state index is 5.98.